The summed E-state index contributed by atoms with van der Waals surface area (Å²) in [6.07, 6.45) is 2.20. The number of nitrogens with zero attached hydrogens (tertiary/aromatic N) is 3. The summed E-state index contributed by atoms with van der Waals surface area (Å²) < 4.78 is 6.01. The smallest absolute Gasteiger partial charge is 0.407 e. The lowest BCUT2D eigenvalue weighted by Gasteiger charge is -2.22. The summed E-state index contributed by atoms with van der Waals surface area (Å²) in [7, 11) is 0. The van der Waals surface area contributed by atoms with Crippen LogP contribution in [0.1, 0.15) is 32.9 Å². The lowest BCUT2D eigenvalue weighted by molar-refractivity contribution is 0.0509. The van der Waals surface area contributed by atoms with Gasteiger partial charge in [-0.05, 0) is 50.0 Å². The van der Waals surface area contributed by atoms with Gasteiger partial charge in [0, 0.05) is 13.1 Å². The minimum Gasteiger partial charge on any atom is -0.444 e. The number of alkyl carbamates (subject to hydrolysis) is 1. The van der Waals surface area contributed by atoms with E-state index in [1.165, 1.54) is 0 Å². The highest BCUT2D eigenvalue weighted by atomic mass is 79.9. The van der Waals surface area contributed by atoms with Gasteiger partial charge in [-0.25, -0.2) is 14.8 Å². The van der Waals surface area contributed by atoms with Crippen molar-refractivity contribution in [3.8, 4) is 0 Å². The van der Waals surface area contributed by atoms with E-state index >= 15 is 0 Å². The van der Waals surface area contributed by atoms with E-state index in [0.717, 1.165) is 35.6 Å². The highest BCUT2D eigenvalue weighted by Crippen LogP contribution is 2.22. The predicted molar refractivity (Wildman–Crippen MR) is 84.5 cm³/mol. The van der Waals surface area contributed by atoms with Crippen LogP contribution < -0.4 is 10.2 Å². The van der Waals surface area contributed by atoms with Crippen molar-refractivity contribution in [1.29, 1.82) is 0 Å². The molecule has 1 fully saturated rings. The van der Waals surface area contributed by atoms with E-state index in [-0.39, 0.29) is 12.1 Å². The number of nitrogens with one attached hydrogen (secondary N) is 1. The van der Waals surface area contributed by atoms with Crippen LogP contribution in [0.3, 0.4) is 0 Å². The van der Waals surface area contributed by atoms with Crippen molar-refractivity contribution >= 4 is 27.8 Å². The number of hydrogen-bond donors (Lipinski definition) is 1. The van der Waals surface area contributed by atoms with Gasteiger partial charge in [-0.3, -0.25) is 0 Å². The maximum atomic E-state index is 11.8. The molecule has 1 atom stereocenters. The average Bonchev–Trinajstić information content (AvgIpc) is 2.74. The molecule has 2 heterocycles. The third-order valence-electron chi connectivity index (χ3n) is 3.10. The Bertz CT molecular complexity index is 530. The van der Waals surface area contributed by atoms with Gasteiger partial charge in [0.15, 0.2) is 0 Å². The molecule has 6 nitrogen and oxygen atoms in total. The van der Waals surface area contributed by atoms with Gasteiger partial charge in [0.25, 0.3) is 0 Å². The normalized spacial score (nSPS) is 18.7. The Morgan fingerprint density at radius 2 is 2.24 bits per heavy atom. The number of aryl methyl sites for hydroxylation is 1. The van der Waals surface area contributed by atoms with E-state index in [4.69, 9.17) is 4.74 Å². The molecule has 1 aliphatic heterocycles. The largest absolute Gasteiger partial charge is 0.444 e. The summed E-state index contributed by atoms with van der Waals surface area (Å²) in [5.74, 6) is 0.867. The van der Waals surface area contributed by atoms with Crippen LogP contribution in [0.25, 0.3) is 0 Å². The second-order valence-corrected chi connectivity index (χ2v) is 6.99. The monoisotopic (exact) mass is 356 g/mol. The van der Waals surface area contributed by atoms with Crippen LogP contribution in [-0.2, 0) is 4.74 Å². The summed E-state index contributed by atoms with van der Waals surface area (Å²) in [5.41, 5.74) is 0.401. The second-order valence-electron chi connectivity index (χ2n) is 6.18. The molecule has 1 N–H and O–H groups in total. The number of carbonyl (C=O) groups excluding carboxylic acids is 1. The van der Waals surface area contributed by atoms with Crippen LogP contribution >= 0.6 is 15.9 Å². The maximum Gasteiger partial charge on any atom is 0.407 e. The average molecular weight is 357 g/mol. The third-order valence-corrected chi connectivity index (χ3v) is 3.48. The van der Waals surface area contributed by atoms with Crippen LogP contribution in [0.2, 0.25) is 0 Å². The number of rotatable bonds is 2. The summed E-state index contributed by atoms with van der Waals surface area (Å²) >= 11 is 3.31. The molecule has 2 rings (SSSR count). The van der Waals surface area contributed by atoms with Gasteiger partial charge >= 0.3 is 6.09 Å². The quantitative estimate of drug-likeness (QED) is 0.882. The Morgan fingerprint density at radius 3 is 2.86 bits per heavy atom. The fourth-order valence-electron chi connectivity index (χ4n) is 2.30. The zero-order valence-corrected chi connectivity index (χ0v) is 14.4. The van der Waals surface area contributed by atoms with E-state index in [0.29, 0.717) is 0 Å². The summed E-state index contributed by atoms with van der Waals surface area (Å²) in [6.45, 7) is 9.06. The Hall–Kier alpha value is -1.37. The molecule has 0 aromatic carbocycles. The molecular weight excluding hydrogens is 336 g/mol. The SMILES string of the molecule is Cc1nc(Br)cnc1N1CCC(NC(=O)OC(C)(C)C)C1. The molecule has 1 aliphatic rings. The van der Waals surface area contributed by atoms with E-state index in [9.17, 15) is 4.79 Å². The van der Waals surface area contributed by atoms with E-state index < -0.39 is 5.60 Å². The first-order valence-electron chi connectivity index (χ1n) is 6.98. The van der Waals surface area contributed by atoms with Crippen LogP contribution in [0.5, 0.6) is 0 Å². The third kappa shape index (κ3) is 4.56. The molecule has 1 saturated heterocycles. The fraction of sp³-hybridized carbons (Fsp3) is 0.643. The number of hydrogen-bond acceptors (Lipinski definition) is 5. The number of anilines is 1. The van der Waals surface area contributed by atoms with Crippen molar-refractivity contribution < 1.29 is 9.53 Å². The molecule has 0 radical (unpaired) electrons. The zero-order valence-electron chi connectivity index (χ0n) is 12.8. The minimum atomic E-state index is -0.476. The lowest BCUT2D eigenvalue weighted by Crippen LogP contribution is -2.40. The van der Waals surface area contributed by atoms with Gasteiger partial charge in [-0.2, -0.15) is 0 Å². The second kappa shape index (κ2) is 6.17. The summed E-state index contributed by atoms with van der Waals surface area (Å²) in [4.78, 5) is 22.7. The molecule has 0 aliphatic carbocycles. The molecule has 1 aromatic heterocycles. The van der Waals surface area contributed by atoms with Crippen LogP contribution in [0.4, 0.5) is 10.6 Å². The van der Waals surface area contributed by atoms with Crippen molar-refractivity contribution in [2.75, 3.05) is 18.0 Å². The Balaban J connectivity index is 1.93. The van der Waals surface area contributed by atoms with Crippen molar-refractivity contribution in [1.82, 2.24) is 15.3 Å². The zero-order chi connectivity index (χ0) is 15.6. The number of aromatic nitrogens is 2. The molecule has 21 heavy (non-hydrogen) atoms. The first-order chi connectivity index (χ1) is 9.74. The summed E-state index contributed by atoms with van der Waals surface area (Å²) in [5, 5.41) is 2.91. The van der Waals surface area contributed by atoms with Crippen LogP contribution in [0.15, 0.2) is 10.8 Å². The number of amides is 1. The van der Waals surface area contributed by atoms with Gasteiger partial charge in [-0.15, -0.1) is 0 Å². The minimum absolute atomic E-state index is 0.0738. The van der Waals surface area contributed by atoms with Gasteiger partial charge in [0.1, 0.15) is 16.0 Å². The van der Waals surface area contributed by atoms with Gasteiger partial charge < -0.3 is 15.0 Å². The highest BCUT2D eigenvalue weighted by molar-refractivity contribution is 9.10. The predicted octanol–water partition coefficient (Wildman–Crippen LogP) is 2.65. The van der Waals surface area contributed by atoms with Crippen molar-refractivity contribution in [2.45, 2.75) is 45.8 Å². The highest BCUT2D eigenvalue weighted by Gasteiger charge is 2.27. The van der Waals surface area contributed by atoms with E-state index in [1.807, 2.05) is 27.7 Å². The molecule has 0 spiro atoms. The molecule has 1 aromatic rings. The standard InChI is InChI=1S/C14H21BrN4O2/c1-9-12(16-7-11(15)17-9)19-6-5-10(8-19)18-13(20)21-14(2,3)4/h7,10H,5-6,8H2,1-4H3,(H,18,20). The lowest BCUT2D eigenvalue weighted by atomic mass is 10.2. The maximum absolute atomic E-state index is 11.8. The first kappa shape index (κ1) is 16.0. The van der Waals surface area contributed by atoms with Crippen molar-refractivity contribution in [3.05, 3.63) is 16.5 Å². The Labute approximate surface area is 133 Å². The van der Waals surface area contributed by atoms with Gasteiger partial charge in [0.05, 0.1) is 17.9 Å². The fourth-order valence-corrected chi connectivity index (χ4v) is 2.67. The number of ether oxygens (including phenoxy) is 1. The topological polar surface area (TPSA) is 67.4 Å². The summed E-state index contributed by atoms with van der Waals surface area (Å²) in [6, 6.07) is 0.0738. The molecule has 7 heteroatoms. The Morgan fingerprint density at radius 1 is 1.52 bits per heavy atom. The molecule has 1 unspecified atom stereocenters. The number of carbonyl (C=O) groups is 1. The molecule has 0 bridgehead atoms. The molecule has 0 saturated carbocycles. The van der Waals surface area contributed by atoms with Crippen LogP contribution in [-0.4, -0.2) is 40.8 Å². The molecule has 116 valence electrons. The van der Waals surface area contributed by atoms with Gasteiger partial charge in [0.2, 0.25) is 0 Å². The van der Waals surface area contributed by atoms with Crippen molar-refractivity contribution in [2.24, 2.45) is 0 Å². The van der Waals surface area contributed by atoms with E-state index in [2.05, 4.69) is 36.1 Å². The Kier molecular flexibility index (Phi) is 4.70. The molecular formula is C14H21BrN4O2. The number of halogens is 1. The van der Waals surface area contributed by atoms with Gasteiger partial charge in [-0.1, -0.05) is 0 Å². The van der Waals surface area contributed by atoms with Crippen LogP contribution in [0, 0.1) is 6.92 Å². The molecule has 1 amide bonds. The van der Waals surface area contributed by atoms with Crippen molar-refractivity contribution in [3.63, 3.8) is 0 Å². The first-order valence-corrected chi connectivity index (χ1v) is 7.77. The van der Waals surface area contributed by atoms with E-state index in [1.54, 1.807) is 6.20 Å².